The Labute approximate surface area is 98.8 Å². The van der Waals surface area contributed by atoms with E-state index in [0.29, 0.717) is 19.4 Å². The molecule has 0 bridgehead atoms. The molecule has 0 radical (unpaired) electrons. The number of halogens is 3. The predicted molar refractivity (Wildman–Crippen MR) is 56.9 cm³/mol. The molecule has 0 aromatic rings. The normalized spacial score (nSPS) is 13.1. The molecule has 0 aromatic carbocycles. The van der Waals surface area contributed by atoms with Crippen molar-refractivity contribution in [3.05, 3.63) is 0 Å². The van der Waals surface area contributed by atoms with Crippen LogP contribution in [0.3, 0.4) is 0 Å². The molecule has 98 valence electrons. The van der Waals surface area contributed by atoms with Crippen molar-refractivity contribution >= 4 is 5.78 Å². The summed E-state index contributed by atoms with van der Waals surface area (Å²) in [5.74, 6) is -2.78. The number of hydrogen-bond donors (Lipinski definition) is 1. The summed E-state index contributed by atoms with van der Waals surface area (Å²) in [6.45, 7) is 0.496. The Morgan fingerprint density at radius 1 is 1.24 bits per heavy atom. The zero-order valence-corrected chi connectivity index (χ0v) is 9.59. The number of carbonyl (C=O) groups excluding carboxylic acids is 1. The van der Waals surface area contributed by atoms with Gasteiger partial charge in [0.1, 0.15) is 0 Å². The van der Waals surface area contributed by atoms with Gasteiger partial charge in [-0.2, -0.15) is 18.4 Å². The number of nitrogens with two attached hydrogens (primary N) is 1. The van der Waals surface area contributed by atoms with Gasteiger partial charge in [-0.15, -0.1) is 0 Å². The smallest absolute Gasteiger partial charge is 0.330 e. The molecule has 0 amide bonds. The maximum absolute atomic E-state index is 12.2. The van der Waals surface area contributed by atoms with Crippen molar-refractivity contribution in [3.63, 3.8) is 0 Å². The van der Waals surface area contributed by atoms with Crippen molar-refractivity contribution in [3.8, 4) is 6.07 Å². The van der Waals surface area contributed by atoms with Crippen molar-refractivity contribution < 1.29 is 18.0 Å². The predicted octanol–water partition coefficient (Wildman–Crippen LogP) is 2.56. The van der Waals surface area contributed by atoms with Gasteiger partial charge in [0.05, 0.1) is 6.07 Å². The lowest BCUT2D eigenvalue weighted by atomic mass is 9.92. The molecule has 17 heavy (non-hydrogen) atoms. The lowest BCUT2D eigenvalue weighted by molar-refractivity contribution is -0.176. The fraction of sp³-hybridized carbons (Fsp3) is 0.818. The molecule has 0 fully saturated rings. The third-order valence-electron chi connectivity index (χ3n) is 2.51. The molecule has 2 N–H and O–H groups in total. The number of nitrogens with zero attached hydrogens (tertiary/aromatic N) is 1. The van der Waals surface area contributed by atoms with Gasteiger partial charge in [-0.25, -0.2) is 0 Å². The van der Waals surface area contributed by atoms with Gasteiger partial charge in [0.25, 0.3) is 0 Å². The first kappa shape index (κ1) is 15.9. The Morgan fingerprint density at radius 2 is 1.88 bits per heavy atom. The molecule has 0 spiro atoms. The maximum Gasteiger partial charge on any atom is 0.450 e. The van der Waals surface area contributed by atoms with Crippen molar-refractivity contribution in [2.75, 3.05) is 6.54 Å². The molecular weight excluding hydrogens is 233 g/mol. The zero-order chi connectivity index (χ0) is 13.3. The van der Waals surface area contributed by atoms with E-state index in [4.69, 9.17) is 11.0 Å². The zero-order valence-electron chi connectivity index (χ0n) is 9.59. The van der Waals surface area contributed by atoms with Crippen LogP contribution in [0.1, 0.15) is 38.5 Å². The van der Waals surface area contributed by atoms with Crippen LogP contribution in [0.4, 0.5) is 13.2 Å². The Kier molecular flexibility index (Phi) is 7.55. The fourth-order valence-electron chi connectivity index (χ4n) is 1.59. The van der Waals surface area contributed by atoms with Crippen molar-refractivity contribution in [2.45, 2.75) is 44.7 Å². The number of alkyl halides is 3. The van der Waals surface area contributed by atoms with E-state index in [0.717, 1.165) is 6.42 Å². The summed E-state index contributed by atoms with van der Waals surface area (Å²) >= 11 is 0. The van der Waals surface area contributed by atoms with E-state index >= 15 is 0 Å². The number of rotatable bonds is 8. The quantitative estimate of drug-likeness (QED) is 0.673. The first-order chi connectivity index (χ1) is 7.93. The minimum Gasteiger partial charge on any atom is -0.330 e. The molecule has 1 atom stereocenters. The molecular formula is C11H17F3N2O. The first-order valence-corrected chi connectivity index (χ1v) is 5.61. The van der Waals surface area contributed by atoms with Crippen LogP contribution in [-0.2, 0) is 4.79 Å². The van der Waals surface area contributed by atoms with Crippen LogP contribution < -0.4 is 5.73 Å². The summed E-state index contributed by atoms with van der Waals surface area (Å²) in [6.07, 6.45) is -2.67. The van der Waals surface area contributed by atoms with Gasteiger partial charge in [-0.1, -0.05) is 12.8 Å². The monoisotopic (exact) mass is 250 g/mol. The van der Waals surface area contributed by atoms with Crippen LogP contribution in [-0.4, -0.2) is 18.5 Å². The summed E-state index contributed by atoms with van der Waals surface area (Å²) in [5.41, 5.74) is 5.26. The van der Waals surface area contributed by atoms with Gasteiger partial charge < -0.3 is 5.73 Å². The molecule has 0 aromatic heterocycles. The Bertz CT molecular complexity index is 271. The average molecular weight is 250 g/mol. The lowest BCUT2D eigenvalue weighted by Crippen LogP contribution is -2.30. The van der Waals surface area contributed by atoms with Crippen LogP contribution in [0.2, 0.25) is 0 Å². The molecule has 0 saturated carbocycles. The number of unbranched alkanes of at least 4 members (excludes halogenated alkanes) is 2. The van der Waals surface area contributed by atoms with Gasteiger partial charge in [0.15, 0.2) is 0 Å². The summed E-state index contributed by atoms with van der Waals surface area (Å²) in [4.78, 5) is 11.1. The summed E-state index contributed by atoms with van der Waals surface area (Å²) in [6, 6.07) is 1.77. The van der Waals surface area contributed by atoms with E-state index in [1.807, 2.05) is 0 Å². The third kappa shape index (κ3) is 6.95. The van der Waals surface area contributed by atoms with E-state index in [2.05, 4.69) is 0 Å². The molecule has 1 unspecified atom stereocenters. The van der Waals surface area contributed by atoms with E-state index in [1.165, 1.54) is 0 Å². The number of nitriles is 1. The minimum atomic E-state index is -4.80. The first-order valence-electron chi connectivity index (χ1n) is 5.61. The molecule has 0 saturated heterocycles. The van der Waals surface area contributed by atoms with Gasteiger partial charge in [0.2, 0.25) is 5.78 Å². The van der Waals surface area contributed by atoms with E-state index in [9.17, 15) is 18.0 Å². The van der Waals surface area contributed by atoms with Crippen LogP contribution >= 0.6 is 0 Å². The van der Waals surface area contributed by atoms with Crippen LogP contribution in [0.25, 0.3) is 0 Å². The van der Waals surface area contributed by atoms with Gasteiger partial charge in [-0.3, -0.25) is 4.79 Å². The highest BCUT2D eigenvalue weighted by molar-refractivity contribution is 5.86. The van der Waals surface area contributed by atoms with Crippen molar-refractivity contribution in [2.24, 2.45) is 11.7 Å². The van der Waals surface area contributed by atoms with Crippen LogP contribution in [0.15, 0.2) is 0 Å². The summed E-state index contributed by atoms with van der Waals surface area (Å²) in [7, 11) is 0. The molecule has 0 rings (SSSR count). The van der Waals surface area contributed by atoms with Gasteiger partial charge in [-0.05, 0) is 25.8 Å². The highest BCUT2D eigenvalue weighted by Crippen LogP contribution is 2.27. The molecule has 0 heterocycles. The maximum atomic E-state index is 12.2. The lowest BCUT2D eigenvalue weighted by Gasteiger charge is -2.15. The van der Waals surface area contributed by atoms with Crippen molar-refractivity contribution in [1.29, 1.82) is 5.26 Å². The molecule has 3 nitrogen and oxygen atoms in total. The van der Waals surface area contributed by atoms with E-state index < -0.39 is 17.9 Å². The molecule has 0 aliphatic heterocycles. The second-order valence-electron chi connectivity index (χ2n) is 3.89. The molecule has 6 heteroatoms. The standard InChI is InChI=1S/C11H17F3N2O/c12-11(13,14)10(17)9(6-4-8-16)5-2-1-3-7-15/h9H,1-7,15H2. The second kappa shape index (κ2) is 8.07. The van der Waals surface area contributed by atoms with E-state index in [-0.39, 0.29) is 19.3 Å². The summed E-state index contributed by atoms with van der Waals surface area (Å²) in [5, 5.41) is 8.35. The Morgan fingerprint density at radius 3 is 2.35 bits per heavy atom. The van der Waals surface area contributed by atoms with Gasteiger partial charge >= 0.3 is 6.18 Å². The van der Waals surface area contributed by atoms with E-state index in [1.54, 1.807) is 6.07 Å². The number of Topliss-reactive ketones (excluding diaryl/α,β-unsaturated/α-hetero) is 1. The second-order valence-corrected chi connectivity index (χ2v) is 3.89. The number of hydrogen-bond acceptors (Lipinski definition) is 3. The summed E-state index contributed by atoms with van der Waals surface area (Å²) < 4.78 is 36.7. The molecule has 0 aliphatic rings. The Balaban J connectivity index is 4.24. The Hall–Kier alpha value is -1.09. The van der Waals surface area contributed by atoms with Crippen LogP contribution in [0.5, 0.6) is 0 Å². The van der Waals surface area contributed by atoms with Crippen molar-refractivity contribution in [1.82, 2.24) is 0 Å². The fourth-order valence-corrected chi connectivity index (χ4v) is 1.59. The molecule has 0 aliphatic carbocycles. The number of ketones is 1. The highest BCUT2D eigenvalue weighted by atomic mass is 19.4. The highest BCUT2D eigenvalue weighted by Gasteiger charge is 2.42. The van der Waals surface area contributed by atoms with Gasteiger partial charge in [0, 0.05) is 12.3 Å². The SMILES string of the molecule is N#CCCC(CCCCCN)C(=O)C(F)(F)F. The average Bonchev–Trinajstić information content (AvgIpc) is 2.26. The third-order valence-corrected chi connectivity index (χ3v) is 2.51. The van der Waals surface area contributed by atoms with Crippen LogP contribution in [0, 0.1) is 17.2 Å². The number of carbonyl (C=O) groups is 1. The topological polar surface area (TPSA) is 66.9 Å². The minimum absolute atomic E-state index is 0.0164. The largest absolute Gasteiger partial charge is 0.450 e.